The Morgan fingerprint density at radius 2 is 1.69 bits per heavy atom. The molecule has 2 aliphatic rings. The summed E-state index contributed by atoms with van der Waals surface area (Å²) in [4.78, 5) is 11.4. The molecule has 0 unspecified atom stereocenters. The van der Waals surface area contributed by atoms with Gasteiger partial charge in [-0.2, -0.15) is 0 Å². The Balaban J connectivity index is 1.51. The molecule has 0 aromatic carbocycles. The third kappa shape index (κ3) is 4.12. The van der Waals surface area contributed by atoms with E-state index in [4.69, 9.17) is 0 Å². The fourth-order valence-electron chi connectivity index (χ4n) is 2.38. The van der Waals surface area contributed by atoms with E-state index < -0.39 is 0 Å². The van der Waals surface area contributed by atoms with Crippen LogP contribution in [0.1, 0.15) is 51.9 Å². The average molecular weight is 224 g/mol. The lowest BCUT2D eigenvalue weighted by Gasteiger charge is -2.26. The molecule has 1 amide bonds. The maximum atomic E-state index is 11.4. The minimum atomic E-state index is 0.221. The predicted octanol–water partition coefficient (Wildman–Crippen LogP) is 1.82. The molecule has 0 saturated heterocycles. The van der Waals surface area contributed by atoms with Crippen LogP contribution in [0.25, 0.3) is 0 Å². The van der Waals surface area contributed by atoms with Crippen molar-refractivity contribution >= 4 is 5.91 Å². The zero-order chi connectivity index (χ0) is 11.4. The Kier molecular flexibility index (Phi) is 4.22. The summed E-state index contributed by atoms with van der Waals surface area (Å²) in [5, 5.41) is 6.53. The van der Waals surface area contributed by atoms with Crippen LogP contribution in [-0.4, -0.2) is 24.5 Å². The summed E-state index contributed by atoms with van der Waals surface area (Å²) in [7, 11) is 0. The minimum absolute atomic E-state index is 0.221. The van der Waals surface area contributed by atoms with Crippen molar-refractivity contribution in [1.29, 1.82) is 0 Å². The molecule has 3 nitrogen and oxygen atoms in total. The second kappa shape index (κ2) is 5.67. The van der Waals surface area contributed by atoms with E-state index in [1.54, 1.807) is 0 Å². The summed E-state index contributed by atoms with van der Waals surface area (Å²) in [5.74, 6) is 1.12. The number of rotatable bonds is 5. The van der Waals surface area contributed by atoms with Gasteiger partial charge in [0.15, 0.2) is 0 Å². The van der Waals surface area contributed by atoms with Crippen LogP contribution in [0, 0.1) is 5.92 Å². The molecule has 0 bridgehead atoms. The summed E-state index contributed by atoms with van der Waals surface area (Å²) < 4.78 is 0. The number of carbonyl (C=O) groups excluding carboxylic acids is 1. The highest BCUT2D eigenvalue weighted by Gasteiger charge is 2.23. The first kappa shape index (κ1) is 11.9. The summed E-state index contributed by atoms with van der Waals surface area (Å²) in [6.45, 7) is 3.18. The van der Waals surface area contributed by atoms with E-state index in [0.717, 1.165) is 12.5 Å². The second-order valence-electron chi connectivity index (χ2n) is 5.50. The largest absolute Gasteiger partial charge is 0.353 e. The van der Waals surface area contributed by atoms with Gasteiger partial charge in [-0.1, -0.05) is 6.92 Å². The Labute approximate surface area is 98.4 Å². The van der Waals surface area contributed by atoms with Crippen LogP contribution in [0.3, 0.4) is 0 Å². The fourth-order valence-corrected chi connectivity index (χ4v) is 2.38. The van der Waals surface area contributed by atoms with Crippen LogP contribution in [0.2, 0.25) is 0 Å². The van der Waals surface area contributed by atoms with E-state index in [9.17, 15) is 4.79 Å². The van der Waals surface area contributed by atoms with Crippen molar-refractivity contribution in [3.05, 3.63) is 0 Å². The van der Waals surface area contributed by atoms with Crippen molar-refractivity contribution in [2.24, 2.45) is 5.92 Å². The maximum absolute atomic E-state index is 11.4. The molecule has 0 heterocycles. The SMILES string of the molecule is CC1CCC(NCCC(=O)NC2CC2)CC1. The van der Waals surface area contributed by atoms with Gasteiger partial charge in [0.1, 0.15) is 0 Å². The van der Waals surface area contributed by atoms with E-state index in [1.165, 1.54) is 38.5 Å². The molecule has 2 rings (SSSR count). The molecule has 0 radical (unpaired) electrons. The zero-order valence-corrected chi connectivity index (χ0v) is 10.3. The van der Waals surface area contributed by atoms with Gasteiger partial charge in [-0.15, -0.1) is 0 Å². The van der Waals surface area contributed by atoms with E-state index in [0.29, 0.717) is 18.5 Å². The summed E-state index contributed by atoms with van der Waals surface area (Å²) in [5.41, 5.74) is 0. The highest BCUT2D eigenvalue weighted by Crippen LogP contribution is 2.23. The van der Waals surface area contributed by atoms with Crippen LogP contribution in [0.15, 0.2) is 0 Å². The summed E-state index contributed by atoms with van der Waals surface area (Å²) >= 11 is 0. The van der Waals surface area contributed by atoms with E-state index in [2.05, 4.69) is 17.6 Å². The summed E-state index contributed by atoms with van der Waals surface area (Å²) in [6, 6.07) is 1.16. The van der Waals surface area contributed by atoms with Gasteiger partial charge in [0, 0.05) is 25.0 Å². The molecule has 0 spiro atoms. The van der Waals surface area contributed by atoms with Crippen molar-refractivity contribution in [1.82, 2.24) is 10.6 Å². The van der Waals surface area contributed by atoms with Crippen molar-refractivity contribution in [3.8, 4) is 0 Å². The Bertz CT molecular complexity index is 230. The van der Waals surface area contributed by atoms with Gasteiger partial charge < -0.3 is 10.6 Å². The van der Waals surface area contributed by atoms with Gasteiger partial charge >= 0.3 is 0 Å². The predicted molar refractivity (Wildman–Crippen MR) is 65.2 cm³/mol. The quantitative estimate of drug-likeness (QED) is 0.748. The van der Waals surface area contributed by atoms with Gasteiger partial charge in [-0.05, 0) is 44.4 Å². The number of carbonyl (C=O) groups is 1. The Hall–Kier alpha value is -0.570. The van der Waals surface area contributed by atoms with Crippen molar-refractivity contribution in [2.75, 3.05) is 6.54 Å². The molecule has 0 aromatic rings. The first-order chi connectivity index (χ1) is 7.74. The molecule has 2 N–H and O–H groups in total. The lowest BCUT2D eigenvalue weighted by atomic mass is 9.87. The molecule has 2 saturated carbocycles. The fraction of sp³-hybridized carbons (Fsp3) is 0.923. The second-order valence-corrected chi connectivity index (χ2v) is 5.50. The number of hydrogen-bond donors (Lipinski definition) is 2. The lowest BCUT2D eigenvalue weighted by Crippen LogP contribution is -2.36. The van der Waals surface area contributed by atoms with Crippen LogP contribution in [0.5, 0.6) is 0 Å². The lowest BCUT2D eigenvalue weighted by molar-refractivity contribution is -0.121. The molecule has 92 valence electrons. The van der Waals surface area contributed by atoms with Gasteiger partial charge in [0.05, 0.1) is 0 Å². The van der Waals surface area contributed by atoms with Gasteiger partial charge in [0.25, 0.3) is 0 Å². The van der Waals surface area contributed by atoms with Gasteiger partial charge in [0.2, 0.25) is 5.91 Å². The van der Waals surface area contributed by atoms with Crippen LogP contribution < -0.4 is 10.6 Å². The Morgan fingerprint density at radius 1 is 1.06 bits per heavy atom. The normalized spacial score (nSPS) is 30.1. The number of hydrogen-bond acceptors (Lipinski definition) is 2. The van der Waals surface area contributed by atoms with Crippen molar-refractivity contribution in [3.63, 3.8) is 0 Å². The minimum Gasteiger partial charge on any atom is -0.353 e. The van der Waals surface area contributed by atoms with Crippen molar-refractivity contribution < 1.29 is 4.79 Å². The maximum Gasteiger partial charge on any atom is 0.221 e. The molecule has 0 aromatic heterocycles. The first-order valence-corrected chi connectivity index (χ1v) is 6.77. The van der Waals surface area contributed by atoms with Crippen LogP contribution in [0.4, 0.5) is 0 Å². The number of amides is 1. The Morgan fingerprint density at radius 3 is 2.31 bits per heavy atom. The highest BCUT2D eigenvalue weighted by atomic mass is 16.1. The molecular weight excluding hydrogens is 200 g/mol. The third-order valence-corrected chi connectivity index (χ3v) is 3.74. The van der Waals surface area contributed by atoms with E-state index >= 15 is 0 Å². The molecule has 2 aliphatic carbocycles. The first-order valence-electron chi connectivity index (χ1n) is 6.77. The topological polar surface area (TPSA) is 41.1 Å². The zero-order valence-electron chi connectivity index (χ0n) is 10.3. The van der Waals surface area contributed by atoms with Gasteiger partial charge in [-0.3, -0.25) is 4.79 Å². The van der Waals surface area contributed by atoms with E-state index in [1.807, 2.05) is 0 Å². The van der Waals surface area contributed by atoms with Gasteiger partial charge in [-0.25, -0.2) is 0 Å². The molecular formula is C13H24N2O. The standard InChI is InChI=1S/C13H24N2O/c1-10-2-4-11(5-3-10)14-9-8-13(16)15-12-6-7-12/h10-12,14H,2-9H2,1H3,(H,15,16). The van der Waals surface area contributed by atoms with Crippen LogP contribution >= 0.6 is 0 Å². The van der Waals surface area contributed by atoms with Crippen molar-refractivity contribution in [2.45, 2.75) is 64.0 Å². The summed E-state index contributed by atoms with van der Waals surface area (Å²) in [6.07, 6.45) is 8.25. The number of nitrogens with one attached hydrogen (secondary N) is 2. The highest BCUT2D eigenvalue weighted by molar-refractivity contribution is 5.76. The third-order valence-electron chi connectivity index (χ3n) is 3.74. The molecule has 0 atom stereocenters. The van der Waals surface area contributed by atoms with Crippen LogP contribution in [-0.2, 0) is 4.79 Å². The molecule has 2 fully saturated rings. The monoisotopic (exact) mass is 224 g/mol. The average Bonchev–Trinajstić information content (AvgIpc) is 3.05. The molecule has 16 heavy (non-hydrogen) atoms. The van der Waals surface area contributed by atoms with E-state index in [-0.39, 0.29) is 5.91 Å². The molecule has 0 aliphatic heterocycles. The smallest absolute Gasteiger partial charge is 0.221 e. The molecule has 3 heteroatoms.